The van der Waals surface area contributed by atoms with Gasteiger partial charge >= 0.3 is 0 Å². The smallest absolute Gasteiger partial charge is 0.193 e. The van der Waals surface area contributed by atoms with Crippen LogP contribution < -0.4 is 5.32 Å². The summed E-state index contributed by atoms with van der Waals surface area (Å²) in [6, 6.07) is 0. The van der Waals surface area contributed by atoms with Crippen molar-refractivity contribution in [2.24, 2.45) is 10.9 Å². The van der Waals surface area contributed by atoms with Crippen molar-refractivity contribution in [3.05, 3.63) is 0 Å². The van der Waals surface area contributed by atoms with Crippen LogP contribution in [0.4, 0.5) is 0 Å². The van der Waals surface area contributed by atoms with Crippen molar-refractivity contribution in [3.8, 4) is 0 Å². The van der Waals surface area contributed by atoms with Gasteiger partial charge < -0.3 is 24.6 Å². The highest BCUT2D eigenvalue weighted by molar-refractivity contribution is 5.80. The summed E-state index contributed by atoms with van der Waals surface area (Å²) in [6.45, 7) is 10.6. The Balaban J connectivity index is 1.33. The fraction of sp³-hybridized carbons (Fsp3) is 0.950. The number of rotatable bonds is 6. The Morgan fingerprint density at radius 3 is 2.69 bits per heavy atom. The highest BCUT2D eigenvalue weighted by Gasteiger charge is 2.32. The molecule has 3 fully saturated rings. The molecule has 3 atom stereocenters. The number of morpholine rings is 1. The van der Waals surface area contributed by atoms with E-state index >= 15 is 0 Å². The number of piperidine rings is 1. The second-order valence-corrected chi connectivity index (χ2v) is 8.14. The average molecular weight is 367 g/mol. The van der Waals surface area contributed by atoms with Crippen LogP contribution in [-0.2, 0) is 9.47 Å². The molecule has 3 rings (SSSR count). The summed E-state index contributed by atoms with van der Waals surface area (Å²) in [4.78, 5) is 9.47. The van der Waals surface area contributed by atoms with E-state index in [1.54, 1.807) is 0 Å². The molecule has 3 unspecified atom stereocenters. The lowest BCUT2D eigenvalue weighted by Crippen LogP contribution is -2.53. The molecule has 6 heteroatoms. The van der Waals surface area contributed by atoms with E-state index in [1.165, 1.54) is 45.3 Å². The Bertz CT molecular complexity index is 440. The topological polar surface area (TPSA) is 49.3 Å². The van der Waals surface area contributed by atoms with Crippen LogP contribution in [0.1, 0.15) is 45.4 Å². The largest absolute Gasteiger partial charge is 0.375 e. The van der Waals surface area contributed by atoms with Gasteiger partial charge in [-0.1, -0.05) is 6.92 Å². The normalized spacial score (nSPS) is 31.4. The Kier molecular flexibility index (Phi) is 8.02. The first kappa shape index (κ1) is 19.9. The average Bonchev–Trinajstić information content (AvgIpc) is 3.20. The summed E-state index contributed by atoms with van der Waals surface area (Å²) in [5.74, 6) is 1.89. The molecule has 3 saturated heterocycles. The number of ether oxygens (including phenoxy) is 2. The van der Waals surface area contributed by atoms with Crippen molar-refractivity contribution in [3.63, 3.8) is 0 Å². The predicted octanol–water partition coefficient (Wildman–Crippen LogP) is 1.95. The zero-order chi connectivity index (χ0) is 18.2. The fourth-order valence-corrected chi connectivity index (χ4v) is 4.47. The van der Waals surface area contributed by atoms with Gasteiger partial charge in [0, 0.05) is 39.8 Å². The van der Waals surface area contributed by atoms with E-state index in [0.29, 0.717) is 0 Å². The first-order chi connectivity index (χ1) is 12.8. The van der Waals surface area contributed by atoms with Gasteiger partial charge in [0.05, 0.1) is 12.7 Å². The summed E-state index contributed by atoms with van der Waals surface area (Å²) >= 11 is 0. The van der Waals surface area contributed by atoms with Crippen molar-refractivity contribution in [2.45, 2.75) is 57.7 Å². The molecule has 0 aliphatic carbocycles. The van der Waals surface area contributed by atoms with Crippen LogP contribution in [0.2, 0.25) is 0 Å². The molecule has 150 valence electrons. The first-order valence-electron chi connectivity index (χ1n) is 10.7. The standard InChI is InChI=1S/C20H38N4O2/c1-17-7-5-11-23(15-17)10-4-3-9-22-20(21-2)24-12-14-26-19(16-24)18-8-6-13-25-18/h17-19H,3-16H2,1-2H3,(H,21,22). The number of nitrogens with one attached hydrogen (secondary N) is 1. The molecule has 0 aromatic heterocycles. The first-order valence-corrected chi connectivity index (χ1v) is 10.7. The van der Waals surface area contributed by atoms with Gasteiger partial charge in [0.1, 0.15) is 6.10 Å². The lowest BCUT2D eigenvalue weighted by molar-refractivity contribution is -0.0816. The molecule has 3 aliphatic rings. The fourth-order valence-electron chi connectivity index (χ4n) is 4.47. The minimum Gasteiger partial charge on any atom is -0.375 e. The molecule has 0 spiro atoms. The lowest BCUT2D eigenvalue weighted by Gasteiger charge is -2.37. The molecule has 0 radical (unpaired) electrons. The molecular formula is C20H38N4O2. The third kappa shape index (κ3) is 5.83. The van der Waals surface area contributed by atoms with Gasteiger partial charge in [-0.15, -0.1) is 0 Å². The zero-order valence-corrected chi connectivity index (χ0v) is 16.8. The van der Waals surface area contributed by atoms with Crippen LogP contribution in [0.15, 0.2) is 4.99 Å². The Morgan fingerprint density at radius 2 is 1.92 bits per heavy atom. The molecule has 3 heterocycles. The molecule has 0 bridgehead atoms. The Morgan fingerprint density at radius 1 is 1.04 bits per heavy atom. The lowest BCUT2D eigenvalue weighted by atomic mass is 10.0. The molecule has 26 heavy (non-hydrogen) atoms. The van der Waals surface area contributed by atoms with Crippen LogP contribution in [0.3, 0.4) is 0 Å². The quantitative estimate of drug-likeness (QED) is 0.442. The zero-order valence-electron chi connectivity index (χ0n) is 16.8. The number of likely N-dealkylation sites (tertiary alicyclic amines) is 1. The van der Waals surface area contributed by atoms with Gasteiger partial charge in [0.2, 0.25) is 0 Å². The maximum absolute atomic E-state index is 5.95. The third-order valence-corrected chi connectivity index (χ3v) is 5.91. The van der Waals surface area contributed by atoms with Crippen LogP contribution in [0.5, 0.6) is 0 Å². The second-order valence-electron chi connectivity index (χ2n) is 8.14. The van der Waals surface area contributed by atoms with Crippen LogP contribution in [-0.4, -0.2) is 87.5 Å². The van der Waals surface area contributed by atoms with Gasteiger partial charge in [-0.2, -0.15) is 0 Å². The van der Waals surface area contributed by atoms with Gasteiger partial charge in [-0.25, -0.2) is 0 Å². The van der Waals surface area contributed by atoms with E-state index in [0.717, 1.165) is 57.6 Å². The van der Waals surface area contributed by atoms with E-state index < -0.39 is 0 Å². The highest BCUT2D eigenvalue weighted by Crippen LogP contribution is 2.21. The SMILES string of the molecule is CN=C(NCCCCN1CCCC(C)C1)N1CCOC(C2CCCO2)C1. The molecule has 0 amide bonds. The predicted molar refractivity (Wildman–Crippen MR) is 106 cm³/mol. The van der Waals surface area contributed by atoms with Gasteiger partial charge in [-0.05, 0) is 57.5 Å². The molecule has 1 N–H and O–H groups in total. The van der Waals surface area contributed by atoms with E-state index in [2.05, 4.69) is 27.0 Å². The van der Waals surface area contributed by atoms with E-state index in [4.69, 9.17) is 9.47 Å². The number of guanidine groups is 1. The van der Waals surface area contributed by atoms with Gasteiger partial charge in [0.25, 0.3) is 0 Å². The number of nitrogens with zero attached hydrogens (tertiary/aromatic N) is 3. The molecule has 3 aliphatic heterocycles. The third-order valence-electron chi connectivity index (χ3n) is 5.91. The van der Waals surface area contributed by atoms with E-state index in [-0.39, 0.29) is 12.2 Å². The van der Waals surface area contributed by atoms with Crippen molar-refractivity contribution in [1.82, 2.24) is 15.1 Å². The van der Waals surface area contributed by atoms with Gasteiger partial charge in [-0.3, -0.25) is 4.99 Å². The summed E-state index contributed by atoms with van der Waals surface area (Å²) < 4.78 is 11.8. The van der Waals surface area contributed by atoms with E-state index in [1.807, 2.05) is 7.05 Å². The van der Waals surface area contributed by atoms with Crippen LogP contribution >= 0.6 is 0 Å². The number of unbranched alkanes of at least 4 members (excludes halogenated alkanes) is 1. The minimum atomic E-state index is 0.186. The second kappa shape index (κ2) is 10.5. The van der Waals surface area contributed by atoms with Crippen molar-refractivity contribution in [2.75, 3.05) is 59.5 Å². The summed E-state index contributed by atoms with van der Waals surface area (Å²) in [5.41, 5.74) is 0. The van der Waals surface area contributed by atoms with E-state index in [9.17, 15) is 0 Å². The maximum Gasteiger partial charge on any atom is 0.193 e. The summed E-state index contributed by atoms with van der Waals surface area (Å²) in [7, 11) is 1.88. The maximum atomic E-state index is 5.95. The molecule has 0 saturated carbocycles. The van der Waals surface area contributed by atoms with Gasteiger partial charge in [0.15, 0.2) is 5.96 Å². The number of hydrogen-bond acceptors (Lipinski definition) is 4. The monoisotopic (exact) mass is 366 g/mol. The summed E-state index contributed by atoms with van der Waals surface area (Å²) in [5, 5.41) is 3.56. The van der Waals surface area contributed by atoms with Crippen molar-refractivity contribution < 1.29 is 9.47 Å². The Labute approximate surface area is 159 Å². The van der Waals surface area contributed by atoms with Crippen LogP contribution in [0, 0.1) is 5.92 Å². The number of aliphatic imine (C=N–C) groups is 1. The van der Waals surface area contributed by atoms with Crippen LogP contribution in [0.25, 0.3) is 0 Å². The highest BCUT2D eigenvalue weighted by atomic mass is 16.5. The summed E-state index contributed by atoms with van der Waals surface area (Å²) in [6.07, 6.45) is 7.97. The molecular weight excluding hydrogens is 328 g/mol. The molecule has 6 nitrogen and oxygen atoms in total. The molecule has 0 aromatic carbocycles. The minimum absolute atomic E-state index is 0.186. The molecule has 0 aromatic rings. The number of hydrogen-bond donors (Lipinski definition) is 1. The van der Waals surface area contributed by atoms with Crippen molar-refractivity contribution in [1.29, 1.82) is 0 Å². The Hall–Kier alpha value is -0.850. The van der Waals surface area contributed by atoms with Crippen molar-refractivity contribution >= 4 is 5.96 Å².